The van der Waals surface area contributed by atoms with E-state index in [0.29, 0.717) is 26.2 Å². The van der Waals surface area contributed by atoms with Crippen LogP contribution in [0.2, 0.25) is 0 Å². The molecule has 0 bridgehead atoms. The number of aliphatic carboxylic acids is 1. The Labute approximate surface area is 268 Å². The molecule has 5 aromatic carbocycles. The monoisotopic (exact) mass is 629 g/mol. The van der Waals surface area contributed by atoms with Crippen LogP contribution in [0.4, 0.5) is 5.69 Å². The summed E-state index contributed by atoms with van der Waals surface area (Å²) in [5, 5.41) is 18.6. The third kappa shape index (κ3) is 5.59. The molecule has 0 atom stereocenters. The Bertz CT molecular complexity index is 2200. The van der Waals surface area contributed by atoms with Gasteiger partial charge in [-0.15, -0.1) is 0 Å². The summed E-state index contributed by atoms with van der Waals surface area (Å²) in [4.78, 5) is 25.8. The Kier molecular flexibility index (Phi) is 8.07. The highest BCUT2D eigenvalue weighted by atomic mass is 32.2. The summed E-state index contributed by atoms with van der Waals surface area (Å²) in [5.74, 6) is -0.820. The van der Waals surface area contributed by atoms with Crippen LogP contribution >= 0.6 is 23.1 Å². The number of thiazole rings is 1. The molecule has 6 nitrogen and oxygen atoms in total. The van der Waals surface area contributed by atoms with Crippen molar-refractivity contribution in [1.82, 2.24) is 0 Å². The smallest absolute Gasteiger partial charge is 0.309 e. The summed E-state index contributed by atoms with van der Waals surface area (Å²) in [6.45, 7) is 1.72. The lowest BCUT2D eigenvalue weighted by Crippen LogP contribution is -2.36. The van der Waals surface area contributed by atoms with E-state index in [1.54, 1.807) is 23.1 Å². The molecule has 2 heterocycles. The Hall–Kier alpha value is -4.92. The van der Waals surface area contributed by atoms with E-state index < -0.39 is 5.97 Å². The van der Waals surface area contributed by atoms with Gasteiger partial charge in [0.05, 0.1) is 22.6 Å². The van der Waals surface area contributed by atoms with Gasteiger partial charge in [-0.05, 0) is 45.8 Å². The third-order valence-electron chi connectivity index (χ3n) is 7.95. The van der Waals surface area contributed by atoms with E-state index in [1.807, 2.05) is 36.4 Å². The molecule has 1 aromatic heterocycles. The van der Waals surface area contributed by atoms with Crippen LogP contribution < -0.4 is 9.47 Å². The molecule has 1 N–H and O–H groups in total. The number of allylic oxidation sites excluding steroid dienone is 4. The van der Waals surface area contributed by atoms with Crippen molar-refractivity contribution in [3.8, 4) is 0 Å². The maximum absolute atomic E-state index is 11.6. The standard InChI is InChI=1S/C37H28N2O4S2/c40-24-43-21-20-38-31-22-25-10-4-5-11-26(25)23-32(31)44-33(38)16-2-1-3-17-34-39(19-18-35(41)42)36-29-14-8-6-12-27(29)28-13-7-9-15-30(28)37(36)45-34/h1-17,22-24H,18-21H2/p+1. The van der Waals surface area contributed by atoms with Crippen LogP contribution in [0.15, 0.2) is 119 Å². The van der Waals surface area contributed by atoms with Crippen molar-refractivity contribution in [3.63, 3.8) is 0 Å². The highest BCUT2D eigenvalue weighted by molar-refractivity contribution is 8.03. The second-order valence-corrected chi connectivity index (χ2v) is 12.7. The van der Waals surface area contributed by atoms with E-state index in [2.05, 4.69) is 88.3 Å². The molecule has 222 valence electrons. The number of hydrogen-bond donors (Lipinski definition) is 1. The lowest BCUT2D eigenvalue weighted by atomic mass is 10.0. The third-order valence-corrected chi connectivity index (χ3v) is 10.2. The molecule has 0 radical (unpaired) electrons. The Balaban J connectivity index is 1.23. The fraction of sp³-hybridized carbons (Fsp3) is 0.108. The van der Waals surface area contributed by atoms with E-state index >= 15 is 0 Å². The maximum Gasteiger partial charge on any atom is 0.309 e. The normalized spacial score (nSPS) is 14.1. The molecule has 8 heteroatoms. The summed E-state index contributed by atoms with van der Waals surface area (Å²) in [5.41, 5.74) is 2.18. The molecule has 1 aliphatic heterocycles. The molecular weight excluding hydrogens is 601 g/mol. The summed E-state index contributed by atoms with van der Waals surface area (Å²) in [7, 11) is 0. The minimum Gasteiger partial charge on any atom is -0.481 e. The summed E-state index contributed by atoms with van der Waals surface area (Å²) < 4.78 is 8.34. The average Bonchev–Trinajstić information content (AvgIpc) is 3.60. The van der Waals surface area contributed by atoms with Gasteiger partial charge in [0.1, 0.15) is 17.7 Å². The van der Waals surface area contributed by atoms with Crippen LogP contribution in [0.25, 0.3) is 48.6 Å². The fourth-order valence-electron chi connectivity index (χ4n) is 5.96. The van der Waals surface area contributed by atoms with Gasteiger partial charge >= 0.3 is 5.97 Å². The van der Waals surface area contributed by atoms with Gasteiger partial charge in [0.15, 0.2) is 6.54 Å². The molecule has 0 fully saturated rings. The average molecular weight is 630 g/mol. The van der Waals surface area contributed by atoms with Crippen molar-refractivity contribution in [2.24, 2.45) is 0 Å². The first kappa shape index (κ1) is 28.8. The van der Waals surface area contributed by atoms with Crippen LogP contribution in [0.5, 0.6) is 0 Å². The minimum atomic E-state index is -0.820. The number of aromatic nitrogens is 1. The highest BCUT2D eigenvalue weighted by Gasteiger charge is 2.26. The van der Waals surface area contributed by atoms with Gasteiger partial charge in [-0.25, -0.2) is 0 Å². The van der Waals surface area contributed by atoms with Crippen LogP contribution in [0, 0.1) is 0 Å². The van der Waals surface area contributed by atoms with Gasteiger partial charge in [-0.3, -0.25) is 9.59 Å². The first-order valence-electron chi connectivity index (χ1n) is 14.7. The topological polar surface area (TPSA) is 70.7 Å². The predicted octanol–water partition coefficient (Wildman–Crippen LogP) is 8.32. The lowest BCUT2D eigenvalue weighted by Gasteiger charge is -2.19. The number of hydrogen-bond acceptors (Lipinski definition) is 6. The van der Waals surface area contributed by atoms with E-state index in [1.165, 1.54) is 21.1 Å². The van der Waals surface area contributed by atoms with Gasteiger partial charge in [-0.1, -0.05) is 108 Å². The van der Waals surface area contributed by atoms with Crippen LogP contribution in [-0.4, -0.2) is 30.7 Å². The van der Waals surface area contributed by atoms with Crippen molar-refractivity contribution in [1.29, 1.82) is 0 Å². The van der Waals surface area contributed by atoms with Crippen molar-refractivity contribution in [2.45, 2.75) is 17.9 Å². The highest BCUT2D eigenvalue weighted by Crippen LogP contribution is 2.47. The predicted molar refractivity (Wildman–Crippen MR) is 185 cm³/mol. The molecule has 7 rings (SSSR count). The van der Waals surface area contributed by atoms with Crippen LogP contribution in [0.1, 0.15) is 11.4 Å². The van der Waals surface area contributed by atoms with Crippen molar-refractivity contribution in [2.75, 3.05) is 18.1 Å². The lowest BCUT2D eigenvalue weighted by molar-refractivity contribution is -0.667. The van der Waals surface area contributed by atoms with Gasteiger partial charge in [0.25, 0.3) is 11.5 Å². The number of aryl methyl sites for hydroxylation is 1. The molecule has 0 aliphatic carbocycles. The number of benzene rings is 5. The number of carbonyl (C=O) groups excluding carboxylic acids is 1. The first-order chi connectivity index (χ1) is 22.1. The number of carboxylic acids is 1. The van der Waals surface area contributed by atoms with E-state index in [0.717, 1.165) is 42.1 Å². The zero-order chi connectivity index (χ0) is 30.8. The van der Waals surface area contributed by atoms with Gasteiger partial charge < -0.3 is 14.7 Å². The SMILES string of the molecule is O=COCCN1\C(=C/C=C/C=C/c2sc3c4ccccc4c4ccccc4c3[n+]2CCC(=O)O)Sc2cc3ccccc3cc21. The minimum absolute atomic E-state index is 0.0386. The molecule has 0 unspecified atom stereocenters. The quantitative estimate of drug-likeness (QED) is 0.0540. The van der Waals surface area contributed by atoms with Crippen LogP contribution in [0.3, 0.4) is 0 Å². The van der Waals surface area contributed by atoms with Crippen molar-refractivity contribution >= 4 is 89.8 Å². The second-order valence-electron chi connectivity index (χ2n) is 10.6. The number of nitrogens with zero attached hydrogens (tertiary/aromatic N) is 2. The Morgan fingerprint density at radius 3 is 2.31 bits per heavy atom. The molecule has 6 aromatic rings. The molecule has 45 heavy (non-hydrogen) atoms. The maximum atomic E-state index is 11.6. The van der Waals surface area contributed by atoms with Gasteiger partial charge in [0, 0.05) is 16.4 Å². The molecule has 0 spiro atoms. The van der Waals surface area contributed by atoms with Crippen molar-refractivity contribution < 1.29 is 24.0 Å². The molecule has 0 saturated carbocycles. The molecular formula is C37H29N2O4S2+. The van der Waals surface area contributed by atoms with E-state index in [9.17, 15) is 14.7 Å². The summed E-state index contributed by atoms with van der Waals surface area (Å²) >= 11 is 3.39. The number of rotatable bonds is 10. The van der Waals surface area contributed by atoms with Gasteiger partial charge in [-0.2, -0.15) is 4.57 Å². The largest absolute Gasteiger partial charge is 0.481 e. The number of ether oxygens (including phenoxy) is 1. The first-order valence-corrected chi connectivity index (χ1v) is 16.3. The fourth-order valence-corrected chi connectivity index (χ4v) is 8.34. The molecule has 0 amide bonds. The zero-order valence-corrected chi connectivity index (χ0v) is 25.9. The number of carbonyl (C=O) groups is 2. The molecule has 1 aliphatic rings. The summed E-state index contributed by atoms with van der Waals surface area (Å²) in [6.07, 6.45) is 10.2. The number of fused-ring (bicyclic) bond motifs is 8. The number of carboxylic acid groups (broad SMARTS) is 1. The van der Waals surface area contributed by atoms with Gasteiger partial charge in [0.2, 0.25) is 5.52 Å². The van der Waals surface area contributed by atoms with Crippen molar-refractivity contribution in [3.05, 3.63) is 119 Å². The second kappa shape index (κ2) is 12.6. The number of anilines is 1. The Morgan fingerprint density at radius 2 is 1.56 bits per heavy atom. The van der Waals surface area contributed by atoms with E-state index in [4.69, 9.17) is 4.74 Å². The Morgan fingerprint density at radius 1 is 0.867 bits per heavy atom. The number of thioether (sulfide) groups is 1. The van der Waals surface area contributed by atoms with Crippen LogP contribution in [-0.2, 0) is 20.9 Å². The van der Waals surface area contributed by atoms with E-state index in [-0.39, 0.29) is 6.42 Å². The molecule has 0 saturated heterocycles. The zero-order valence-electron chi connectivity index (χ0n) is 24.3. The summed E-state index contributed by atoms with van der Waals surface area (Å²) in [6, 6.07) is 29.5.